The molecule has 0 saturated carbocycles. The number of hydrogen-bond donors (Lipinski definition) is 1. The van der Waals surface area contributed by atoms with E-state index in [4.69, 9.17) is 0 Å². The van der Waals surface area contributed by atoms with E-state index in [0.29, 0.717) is 18.8 Å². The molecule has 4 rings (SSSR count). The fourth-order valence-corrected chi connectivity index (χ4v) is 5.11. The Morgan fingerprint density at radius 3 is 2.23 bits per heavy atom. The molecule has 0 bridgehead atoms. The van der Waals surface area contributed by atoms with E-state index < -0.39 is 10.0 Å². The standard InChI is InChI=1S/C22H26N4O3S/c1-22(2,3)16-8-10-17(11-9-16)30(28,29)26-14-12-25(13-15-26)21(27)20-18-6-4-5-7-19(18)23-24-20/h4-11H,12-15H2,1-3H3,(H,23,24). The monoisotopic (exact) mass is 426 g/mol. The molecule has 1 aromatic heterocycles. The Labute approximate surface area is 176 Å². The molecule has 7 nitrogen and oxygen atoms in total. The number of sulfonamides is 1. The normalized spacial score (nSPS) is 16.2. The van der Waals surface area contributed by atoms with Crippen molar-refractivity contribution in [2.75, 3.05) is 26.2 Å². The molecule has 1 saturated heterocycles. The minimum Gasteiger partial charge on any atom is -0.335 e. The summed E-state index contributed by atoms with van der Waals surface area (Å²) in [6.07, 6.45) is 0. The van der Waals surface area contributed by atoms with Crippen molar-refractivity contribution in [1.29, 1.82) is 0 Å². The highest BCUT2D eigenvalue weighted by atomic mass is 32.2. The number of para-hydroxylation sites is 1. The van der Waals surface area contributed by atoms with E-state index in [9.17, 15) is 13.2 Å². The summed E-state index contributed by atoms with van der Waals surface area (Å²) in [5.41, 5.74) is 2.23. The second-order valence-corrected chi connectivity index (χ2v) is 10.5. The van der Waals surface area contributed by atoms with Crippen LogP contribution in [0.25, 0.3) is 10.9 Å². The van der Waals surface area contributed by atoms with E-state index in [2.05, 4.69) is 31.0 Å². The summed E-state index contributed by atoms with van der Waals surface area (Å²) < 4.78 is 27.5. The van der Waals surface area contributed by atoms with Crippen molar-refractivity contribution in [2.45, 2.75) is 31.1 Å². The third kappa shape index (κ3) is 3.73. The van der Waals surface area contributed by atoms with Gasteiger partial charge in [-0.15, -0.1) is 0 Å². The van der Waals surface area contributed by atoms with E-state index in [-0.39, 0.29) is 29.3 Å². The van der Waals surface area contributed by atoms with Crippen LogP contribution in [0.5, 0.6) is 0 Å². The van der Waals surface area contributed by atoms with E-state index in [1.165, 1.54) is 4.31 Å². The summed E-state index contributed by atoms with van der Waals surface area (Å²) in [4.78, 5) is 14.9. The van der Waals surface area contributed by atoms with Gasteiger partial charge in [-0.1, -0.05) is 51.1 Å². The second kappa shape index (κ2) is 7.52. The zero-order valence-corrected chi connectivity index (χ0v) is 18.2. The van der Waals surface area contributed by atoms with Crippen LogP contribution >= 0.6 is 0 Å². The van der Waals surface area contributed by atoms with Gasteiger partial charge in [0.25, 0.3) is 5.91 Å². The number of hydrogen-bond acceptors (Lipinski definition) is 4. The van der Waals surface area contributed by atoms with Gasteiger partial charge in [0, 0.05) is 31.6 Å². The van der Waals surface area contributed by atoms with Crippen molar-refractivity contribution >= 4 is 26.8 Å². The summed E-state index contributed by atoms with van der Waals surface area (Å²) in [5, 5.41) is 7.81. The number of nitrogens with zero attached hydrogens (tertiary/aromatic N) is 3. The first-order valence-corrected chi connectivity index (χ1v) is 11.4. The molecule has 0 unspecified atom stereocenters. The lowest BCUT2D eigenvalue weighted by Gasteiger charge is -2.33. The fraction of sp³-hybridized carbons (Fsp3) is 0.364. The van der Waals surface area contributed by atoms with Crippen LogP contribution in [0.4, 0.5) is 0 Å². The molecule has 30 heavy (non-hydrogen) atoms. The minimum atomic E-state index is -3.59. The summed E-state index contributed by atoms with van der Waals surface area (Å²) in [7, 11) is -3.59. The largest absolute Gasteiger partial charge is 0.335 e. The Morgan fingerprint density at radius 1 is 0.967 bits per heavy atom. The highest BCUT2D eigenvalue weighted by Gasteiger charge is 2.31. The van der Waals surface area contributed by atoms with Gasteiger partial charge in [0.15, 0.2) is 5.69 Å². The van der Waals surface area contributed by atoms with Crippen LogP contribution < -0.4 is 0 Å². The molecule has 0 atom stereocenters. The lowest BCUT2D eigenvalue weighted by Crippen LogP contribution is -2.50. The highest BCUT2D eigenvalue weighted by Crippen LogP contribution is 2.25. The molecule has 1 fully saturated rings. The number of benzene rings is 2. The molecule has 1 aliphatic rings. The predicted molar refractivity (Wildman–Crippen MR) is 116 cm³/mol. The van der Waals surface area contributed by atoms with Crippen LogP contribution in [0.3, 0.4) is 0 Å². The molecule has 0 radical (unpaired) electrons. The lowest BCUT2D eigenvalue weighted by molar-refractivity contribution is 0.0694. The van der Waals surface area contributed by atoms with Crippen molar-refractivity contribution in [3.05, 3.63) is 59.8 Å². The number of carbonyl (C=O) groups is 1. The number of aromatic nitrogens is 2. The molecule has 2 heterocycles. The number of fused-ring (bicyclic) bond motifs is 1. The van der Waals surface area contributed by atoms with Crippen LogP contribution in [-0.4, -0.2) is 59.9 Å². The van der Waals surface area contributed by atoms with Crippen LogP contribution in [0.2, 0.25) is 0 Å². The molecule has 1 amide bonds. The predicted octanol–water partition coefficient (Wildman–Crippen LogP) is 3.01. The molecule has 1 aliphatic heterocycles. The number of carbonyl (C=O) groups excluding carboxylic acids is 1. The maximum atomic E-state index is 13.0. The van der Waals surface area contributed by atoms with Gasteiger partial charge in [0.1, 0.15) is 0 Å². The summed E-state index contributed by atoms with van der Waals surface area (Å²) in [6, 6.07) is 14.6. The fourth-order valence-electron chi connectivity index (χ4n) is 3.68. The molecule has 158 valence electrons. The van der Waals surface area contributed by atoms with Gasteiger partial charge in [-0.25, -0.2) is 8.42 Å². The molecule has 1 N–H and O–H groups in total. The number of H-pyrrole nitrogens is 1. The molecular weight excluding hydrogens is 400 g/mol. The number of amides is 1. The first-order chi connectivity index (χ1) is 14.2. The second-order valence-electron chi connectivity index (χ2n) is 8.59. The number of nitrogens with one attached hydrogen (secondary N) is 1. The van der Waals surface area contributed by atoms with E-state index in [0.717, 1.165) is 16.5 Å². The summed E-state index contributed by atoms with van der Waals surface area (Å²) >= 11 is 0. The number of aromatic amines is 1. The van der Waals surface area contributed by atoms with E-state index >= 15 is 0 Å². The van der Waals surface area contributed by atoms with Gasteiger partial charge in [0.05, 0.1) is 10.4 Å². The van der Waals surface area contributed by atoms with Crippen molar-refractivity contribution in [3.63, 3.8) is 0 Å². The topological polar surface area (TPSA) is 86.4 Å². The van der Waals surface area contributed by atoms with Crippen molar-refractivity contribution in [2.24, 2.45) is 0 Å². The Balaban J connectivity index is 1.46. The van der Waals surface area contributed by atoms with Gasteiger partial charge in [-0.05, 0) is 29.2 Å². The van der Waals surface area contributed by atoms with Crippen LogP contribution in [0, 0.1) is 0 Å². The van der Waals surface area contributed by atoms with E-state index in [1.54, 1.807) is 17.0 Å². The van der Waals surface area contributed by atoms with Crippen LogP contribution in [0.15, 0.2) is 53.4 Å². The Kier molecular flexibility index (Phi) is 5.15. The average molecular weight is 427 g/mol. The lowest BCUT2D eigenvalue weighted by atomic mass is 9.87. The number of piperazine rings is 1. The first kappa shape index (κ1) is 20.6. The Morgan fingerprint density at radius 2 is 1.60 bits per heavy atom. The SMILES string of the molecule is CC(C)(C)c1ccc(S(=O)(=O)N2CCN(C(=O)c3n[nH]c4ccccc34)CC2)cc1. The maximum Gasteiger partial charge on any atom is 0.275 e. The van der Waals surface area contributed by atoms with Crippen molar-refractivity contribution < 1.29 is 13.2 Å². The number of rotatable bonds is 3. The zero-order valence-electron chi connectivity index (χ0n) is 17.4. The smallest absolute Gasteiger partial charge is 0.275 e. The Bertz CT molecular complexity index is 1170. The average Bonchev–Trinajstić information content (AvgIpc) is 3.17. The minimum absolute atomic E-state index is 0.0370. The van der Waals surface area contributed by atoms with Crippen LogP contribution in [0.1, 0.15) is 36.8 Å². The third-order valence-corrected chi connectivity index (χ3v) is 7.47. The summed E-state index contributed by atoms with van der Waals surface area (Å²) in [6.45, 7) is 7.47. The van der Waals surface area contributed by atoms with Gasteiger partial charge < -0.3 is 4.90 Å². The third-order valence-electron chi connectivity index (χ3n) is 5.56. The molecule has 8 heteroatoms. The zero-order chi connectivity index (χ0) is 21.5. The molecule has 3 aromatic rings. The summed E-state index contributed by atoms with van der Waals surface area (Å²) in [5.74, 6) is -0.181. The maximum absolute atomic E-state index is 13.0. The van der Waals surface area contributed by atoms with Gasteiger partial charge >= 0.3 is 0 Å². The van der Waals surface area contributed by atoms with Crippen molar-refractivity contribution in [1.82, 2.24) is 19.4 Å². The highest BCUT2D eigenvalue weighted by molar-refractivity contribution is 7.89. The van der Waals surface area contributed by atoms with Crippen molar-refractivity contribution in [3.8, 4) is 0 Å². The Hall–Kier alpha value is -2.71. The molecule has 0 aliphatic carbocycles. The van der Waals surface area contributed by atoms with E-state index in [1.807, 2.05) is 36.4 Å². The molecule has 0 spiro atoms. The quantitative estimate of drug-likeness (QED) is 0.698. The van der Waals surface area contributed by atoms with Crippen LogP contribution in [-0.2, 0) is 15.4 Å². The van der Waals surface area contributed by atoms with Gasteiger partial charge in [0.2, 0.25) is 10.0 Å². The van der Waals surface area contributed by atoms with Gasteiger partial charge in [-0.3, -0.25) is 9.89 Å². The first-order valence-electron chi connectivity index (χ1n) is 10.0. The molecular formula is C22H26N4O3S. The van der Waals surface area contributed by atoms with Gasteiger partial charge in [-0.2, -0.15) is 9.40 Å². The molecule has 2 aromatic carbocycles.